The van der Waals surface area contributed by atoms with E-state index in [1.54, 1.807) is 17.5 Å². The van der Waals surface area contributed by atoms with Gasteiger partial charge in [-0.05, 0) is 35.2 Å². The van der Waals surface area contributed by atoms with Gasteiger partial charge in [-0.25, -0.2) is 9.78 Å². The number of rotatable bonds is 9. The Morgan fingerprint density at radius 2 is 1.82 bits per heavy atom. The minimum atomic E-state index is -4.88. The van der Waals surface area contributed by atoms with E-state index in [4.69, 9.17) is 39.5 Å². The van der Waals surface area contributed by atoms with Gasteiger partial charge in [-0.15, -0.1) is 11.3 Å². The van der Waals surface area contributed by atoms with Crippen LogP contribution in [0.1, 0.15) is 25.6 Å². The molecule has 5 rings (SSSR count). The number of nitrogens with one attached hydrogen (secondary N) is 3. The number of hydrogen-bond acceptors (Lipinski definition) is 11. The molecule has 0 saturated carbocycles. The largest absolute Gasteiger partial charge is 0.465 e. The Bertz CT molecular complexity index is 1820. The molecule has 0 aliphatic carbocycles. The topological polar surface area (TPSA) is 137 Å². The van der Waals surface area contributed by atoms with Crippen LogP contribution in [0.25, 0.3) is 0 Å². The van der Waals surface area contributed by atoms with Crippen molar-refractivity contribution in [2.24, 2.45) is 4.99 Å². The number of ether oxygens (including phenoxy) is 2. The number of aliphatic imine (C=N–C) groups is 1. The smallest absolute Gasteiger partial charge is 0.432 e. The molecule has 4 heterocycles. The van der Waals surface area contributed by atoms with Crippen molar-refractivity contribution in [3.63, 3.8) is 0 Å². The Kier molecular flexibility index (Phi) is 11.4. The van der Waals surface area contributed by atoms with Crippen LogP contribution in [0.5, 0.6) is 0 Å². The van der Waals surface area contributed by atoms with Crippen LogP contribution >= 0.6 is 46.1 Å². The predicted molar refractivity (Wildman–Crippen MR) is 181 cm³/mol. The Balaban J connectivity index is 1.38. The number of hydrogen-bond donors (Lipinski definition) is 3. The van der Waals surface area contributed by atoms with Gasteiger partial charge in [-0.3, -0.25) is 19.9 Å². The van der Waals surface area contributed by atoms with E-state index >= 15 is 0 Å². The lowest BCUT2D eigenvalue weighted by atomic mass is 10.1. The lowest BCUT2D eigenvalue weighted by Crippen LogP contribution is -2.48. The third-order valence-corrected chi connectivity index (χ3v) is 9.37. The summed E-state index contributed by atoms with van der Waals surface area (Å²) in [6.07, 6.45) is -3.93. The first-order valence-corrected chi connectivity index (χ1v) is 16.3. The van der Waals surface area contributed by atoms with Crippen LogP contribution in [-0.4, -0.2) is 86.8 Å². The van der Waals surface area contributed by atoms with Gasteiger partial charge < -0.3 is 29.9 Å². The van der Waals surface area contributed by atoms with Crippen LogP contribution in [0, 0.1) is 0 Å². The zero-order chi connectivity index (χ0) is 35.5. The zero-order valence-corrected chi connectivity index (χ0v) is 28.7. The number of benzene rings is 1. The third kappa shape index (κ3) is 8.28. The number of aromatic nitrogens is 1. The van der Waals surface area contributed by atoms with Crippen molar-refractivity contribution in [1.82, 2.24) is 15.2 Å². The van der Waals surface area contributed by atoms with E-state index in [2.05, 4.69) is 30.7 Å². The number of alkyl halides is 3. The summed E-state index contributed by atoms with van der Waals surface area (Å²) in [6.45, 7) is 1.66. The highest BCUT2D eigenvalue weighted by Gasteiger charge is 2.44. The molecule has 0 bridgehead atoms. The number of carbonyl (C=O) groups is 3. The average Bonchev–Trinajstić information content (AvgIpc) is 3.44. The number of esters is 1. The number of anilines is 3. The molecule has 2 aromatic heterocycles. The van der Waals surface area contributed by atoms with E-state index in [1.165, 1.54) is 18.3 Å². The third-order valence-electron chi connectivity index (χ3n) is 7.36. The van der Waals surface area contributed by atoms with E-state index < -0.39 is 41.5 Å². The maximum atomic E-state index is 13.9. The molecule has 19 heteroatoms. The molecular weight excluding hydrogens is 734 g/mol. The summed E-state index contributed by atoms with van der Waals surface area (Å²) in [6, 6.07) is 6.11. The average molecular weight is 761 g/mol. The van der Waals surface area contributed by atoms with Crippen molar-refractivity contribution in [3.8, 4) is 0 Å². The molecule has 1 unspecified atom stereocenters. The quantitative estimate of drug-likeness (QED) is 0.231. The maximum Gasteiger partial charge on any atom is 0.432 e. The number of allylic oxidation sites excluding steroid dienone is 1. The molecule has 1 fully saturated rings. The number of nitrogens with zero attached hydrogens (tertiary/aromatic N) is 4. The molecule has 0 radical (unpaired) electrons. The van der Waals surface area contributed by atoms with Crippen molar-refractivity contribution in [3.05, 3.63) is 78.2 Å². The van der Waals surface area contributed by atoms with Crippen LogP contribution in [0.2, 0.25) is 15.1 Å². The summed E-state index contributed by atoms with van der Waals surface area (Å²) in [4.78, 5) is 50.1. The molecule has 12 nitrogen and oxygen atoms in total. The molecule has 0 spiro atoms. The number of carbonyl (C=O) groups excluding carboxylic acids is 3. The fraction of sp³-hybridized carbons (Fsp3) is 0.300. The Labute approximate surface area is 296 Å². The first kappa shape index (κ1) is 36.4. The van der Waals surface area contributed by atoms with Crippen molar-refractivity contribution in [2.45, 2.75) is 19.0 Å². The van der Waals surface area contributed by atoms with Gasteiger partial charge in [0.05, 0.1) is 47.3 Å². The Morgan fingerprint density at radius 1 is 1.08 bits per heavy atom. The van der Waals surface area contributed by atoms with Gasteiger partial charge in [-0.2, -0.15) is 13.2 Å². The number of morpholine rings is 1. The first-order valence-electron chi connectivity index (χ1n) is 14.3. The van der Waals surface area contributed by atoms with Crippen LogP contribution in [-0.2, 0) is 20.8 Å². The Morgan fingerprint density at radius 3 is 2.47 bits per heavy atom. The monoisotopic (exact) mass is 759 g/mol. The summed E-state index contributed by atoms with van der Waals surface area (Å²) < 4.78 is 51.6. The highest BCUT2D eigenvalue weighted by Crippen LogP contribution is 2.37. The number of methoxy groups -OCH3 is 1. The van der Waals surface area contributed by atoms with E-state index in [0.717, 1.165) is 36.6 Å². The second kappa shape index (κ2) is 15.3. The number of amides is 2. The van der Waals surface area contributed by atoms with E-state index in [9.17, 15) is 27.6 Å². The standard InChI is InChI=1S/C30H27Cl3F3N7O5S/c1-42-25(30(34,35)36)19(28(46)47-2)13-39-29(42)38-11-15-14-49-24(22(15)33)27(45)41-23-18(26(44)40-21-4-3-16(31)12-37-21)9-17(32)10-20(23)43-5-7-48-8-6-43/h3-4,9-10,12-14,29,38H,5-8,11H2,1-2H3,(H,41,45)(H,37,40,44). The van der Waals surface area contributed by atoms with Gasteiger partial charge in [0.15, 0.2) is 6.29 Å². The molecule has 1 aromatic carbocycles. The SMILES string of the molecule is COC(=O)C1=C(C(F)(F)F)N(C)C(NCc2csc(C(=O)Nc3c(C(=O)Nc4ccc(Cl)cn4)cc(Cl)cc3N3CCOCC3)c2Cl)N=C1. The minimum Gasteiger partial charge on any atom is -0.465 e. The van der Waals surface area contributed by atoms with E-state index in [0.29, 0.717) is 42.6 Å². The highest BCUT2D eigenvalue weighted by atomic mass is 35.5. The zero-order valence-electron chi connectivity index (χ0n) is 25.7. The summed E-state index contributed by atoms with van der Waals surface area (Å²) >= 11 is 20.0. The van der Waals surface area contributed by atoms with Crippen LogP contribution < -0.4 is 20.9 Å². The fourth-order valence-electron chi connectivity index (χ4n) is 5.03. The molecule has 2 aliphatic heterocycles. The maximum absolute atomic E-state index is 13.9. The lowest BCUT2D eigenvalue weighted by Gasteiger charge is -2.34. The summed E-state index contributed by atoms with van der Waals surface area (Å²) in [5, 5.41) is 10.6. The van der Waals surface area contributed by atoms with E-state index in [1.807, 2.05) is 4.90 Å². The predicted octanol–water partition coefficient (Wildman–Crippen LogP) is 5.82. The second-order valence-corrected chi connectivity index (χ2v) is 12.6. The van der Waals surface area contributed by atoms with Gasteiger partial charge in [-0.1, -0.05) is 34.8 Å². The molecule has 3 aromatic rings. The van der Waals surface area contributed by atoms with Gasteiger partial charge in [0.25, 0.3) is 11.8 Å². The van der Waals surface area contributed by atoms with Gasteiger partial charge >= 0.3 is 12.1 Å². The number of thiophene rings is 1. The van der Waals surface area contributed by atoms with Crippen molar-refractivity contribution in [1.29, 1.82) is 0 Å². The second-order valence-electron chi connectivity index (χ2n) is 10.5. The summed E-state index contributed by atoms with van der Waals surface area (Å²) in [5.74, 6) is -2.22. The van der Waals surface area contributed by atoms with Crippen molar-refractivity contribution < 1.29 is 37.0 Å². The van der Waals surface area contributed by atoms with E-state index in [-0.39, 0.29) is 38.5 Å². The van der Waals surface area contributed by atoms with Crippen LogP contribution in [0.3, 0.4) is 0 Å². The Hall–Kier alpha value is -3.93. The lowest BCUT2D eigenvalue weighted by molar-refractivity contribution is -0.138. The highest BCUT2D eigenvalue weighted by molar-refractivity contribution is 7.13. The molecule has 260 valence electrons. The summed E-state index contributed by atoms with van der Waals surface area (Å²) in [7, 11) is 2.10. The van der Waals surface area contributed by atoms with Crippen LogP contribution in [0.15, 0.2) is 52.1 Å². The number of halogens is 6. The van der Waals surface area contributed by atoms with Gasteiger partial charge in [0, 0.05) is 44.1 Å². The van der Waals surface area contributed by atoms with Crippen LogP contribution in [0.4, 0.5) is 30.4 Å². The molecule has 1 saturated heterocycles. The van der Waals surface area contributed by atoms with Gasteiger partial charge in [0.2, 0.25) is 0 Å². The van der Waals surface area contributed by atoms with Gasteiger partial charge in [0.1, 0.15) is 22.0 Å². The molecule has 1 atom stereocenters. The molecule has 49 heavy (non-hydrogen) atoms. The molecule has 3 N–H and O–H groups in total. The number of pyridine rings is 1. The summed E-state index contributed by atoms with van der Waals surface area (Å²) in [5.41, 5.74) is -0.878. The van der Waals surface area contributed by atoms with Crippen molar-refractivity contribution in [2.75, 3.05) is 56.0 Å². The fourth-order valence-corrected chi connectivity index (χ4v) is 6.62. The molecular formula is C30H27Cl3F3N7O5S. The molecule has 2 aliphatic rings. The van der Waals surface area contributed by atoms with Crippen molar-refractivity contribution >= 4 is 87.3 Å². The first-order chi connectivity index (χ1) is 23.3. The normalized spacial score (nSPS) is 16.5. The minimum absolute atomic E-state index is 0.0394. The molecule has 2 amide bonds.